The minimum Gasteiger partial charge on any atom is -0.487 e. The number of ether oxygens (including phenoxy) is 1. The van der Waals surface area contributed by atoms with E-state index in [1.807, 2.05) is 55.5 Å². The van der Waals surface area contributed by atoms with Crippen LogP contribution in [-0.2, 0) is 6.61 Å². The van der Waals surface area contributed by atoms with Gasteiger partial charge in [0, 0.05) is 22.8 Å². The molecule has 116 valence electrons. The lowest BCUT2D eigenvalue weighted by Gasteiger charge is -2.08. The highest BCUT2D eigenvalue weighted by molar-refractivity contribution is 7.14. The van der Waals surface area contributed by atoms with Crippen molar-refractivity contribution in [2.24, 2.45) is 0 Å². The normalized spacial score (nSPS) is 10.3. The summed E-state index contributed by atoms with van der Waals surface area (Å²) in [6.07, 6.45) is 1.73. The van der Waals surface area contributed by atoms with E-state index in [0.717, 1.165) is 10.6 Å². The van der Waals surface area contributed by atoms with Crippen molar-refractivity contribution in [3.8, 4) is 5.75 Å². The highest BCUT2D eigenvalue weighted by Crippen LogP contribution is 2.21. The van der Waals surface area contributed by atoms with Crippen LogP contribution < -0.4 is 10.1 Å². The fourth-order valence-corrected chi connectivity index (χ4v) is 2.82. The van der Waals surface area contributed by atoms with Crippen molar-refractivity contribution in [1.82, 2.24) is 4.98 Å². The van der Waals surface area contributed by atoms with E-state index in [4.69, 9.17) is 4.74 Å². The molecule has 0 radical (unpaired) electrons. The van der Waals surface area contributed by atoms with Gasteiger partial charge in [-0.25, -0.2) is 0 Å². The zero-order valence-electron chi connectivity index (χ0n) is 12.7. The van der Waals surface area contributed by atoms with Crippen molar-refractivity contribution in [3.63, 3.8) is 0 Å². The van der Waals surface area contributed by atoms with E-state index in [9.17, 15) is 4.79 Å². The zero-order valence-corrected chi connectivity index (χ0v) is 13.5. The molecule has 4 nitrogen and oxygen atoms in total. The molecule has 0 spiro atoms. The Balaban J connectivity index is 1.64. The molecule has 2 aromatic heterocycles. The Bertz CT molecular complexity index is 800. The molecule has 2 heterocycles. The number of pyridine rings is 1. The average Bonchev–Trinajstić information content (AvgIpc) is 3.01. The fraction of sp³-hybridized carbons (Fsp3) is 0.111. The lowest BCUT2D eigenvalue weighted by atomic mass is 10.3. The summed E-state index contributed by atoms with van der Waals surface area (Å²) in [6.45, 7) is 2.37. The van der Waals surface area contributed by atoms with Crippen LogP contribution in [0, 0.1) is 6.92 Å². The molecule has 5 heteroatoms. The Hall–Kier alpha value is -2.66. The van der Waals surface area contributed by atoms with Gasteiger partial charge in [-0.3, -0.25) is 9.78 Å². The number of benzene rings is 1. The molecule has 3 aromatic rings. The van der Waals surface area contributed by atoms with Crippen LogP contribution in [0.25, 0.3) is 0 Å². The molecule has 0 bridgehead atoms. The van der Waals surface area contributed by atoms with Crippen LogP contribution in [0.2, 0.25) is 0 Å². The molecule has 0 saturated carbocycles. The highest BCUT2D eigenvalue weighted by Gasteiger charge is 2.08. The summed E-state index contributed by atoms with van der Waals surface area (Å²) in [5, 5.41) is 2.89. The van der Waals surface area contributed by atoms with Gasteiger partial charge in [-0.15, -0.1) is 11.3 Å². The van der Waals surface area contributed by atoms with Gasteiger partial charge in [0.05, 0.1) is 10.6 Å². The number of aryl methyl sites for hydroxylation is 1. The highest BCUT2D eigenvalue weighted by atomic mass is 32.1. The van der Waals surface area contributed by atoms with E-state index >= 15 is 0 Å². The summed E-state index contributed by atoms with van der Waals surface area (Å²) in [7, 11) is 0. The van der Waals surface area contributed by atoms with E-state index in [1.54, 1.807) is 12.3 Å². The van der Waals surface area contributed by atoms with Gasteiger partial charge < -0.3 is 10.1 Å². The van der Waals surface area contributed by atoms with Crippen molar-refractivity contribution in [1.29, 1.82) is 0 Å². The fourth-order valence-electron chi connectivity index (χ4n) is 2.05. The molecule has 1 aromatic carbocycles. The maximum absolute atomic E-state index is 12.2. The predicted molar refractivity (Wildman–Crippen MR) is 92.0 cm³/mol. The number of amides is 1. The molecule has 1 amide bonds. The summed E-state index contributed by atoms with van der Waals surface area (Å²) < 4.78 is 5.71. The van der Waals surface area contributed by atoms with Gasteiger partial charge in [0.15, 0.2) is 0 Å². The number of rotatable bonds is 5. The summed E-state index contributed by atoms with van der Waals surface area (Å²) in [5.74, 6) is 0.584. The molecule has 0 saturated heterocycles. The van der Waals surface area contributed by atoms with Gasteiger partial charge in [-0.05, 0) is 43.3 Å². The first kappa shape index (κ1) is 15.2. The van der Waals surface area contributed by atoms with Crippen LogP contribution >= 0.6 is 11.3 Å². The van der Waals surface area contributed by atoms with Crippen LogP contribution in [0.15, 0.2) is 60.8 Å². The van der Waals surface area contributed by atoms with Gasteiger partial charge in [-0.2, -0.15) is 0 Å². The van der Waals surface area contributed by atoms with E-state index in [2.05, 4.69) is 10.3 Å². The first-order valence-corrected chi connectivity index (χ1v) is 8.03. The van der Waals surface area contributed by atoms with Crippen molar-refractivity contribution < 1.29 is 9.53 Å². The second-order valence-electron chi connectivity index (χ2n) is 5.00. The zero-order chi connectivity index (χ0) is 16.1. The second-order valence-corrected chi connectivity index (χ2v) is 6.29. The molecule has 3 rings (SSSR count). The largest absolute Gasteiger partial charge is 0.487 e. The number of nitrogens with one attached hydrogen (secondary N) is 1. The van der Waals surface area contributed by atoms with Gasteiger partial charge in [-0.1, -0.05) is 12.1 Å². The Kier molecular flexibility index (Phi) is 4.68. The number of aromatic nitrogens is 1. The molecule has 0 atom stereocenters. The first-order valence-electron chi connectivity index (χ1n) is 7.21. The third kappa shape index (κ3) is 4.17. The van der Waals surface area contributed by atoms with Gasteiger partial charge in [0.2, 0.25) is 0 Å². The Morgan fingerprint density at radius 3 is 2.83 bits per heavy atom. The van der Waals surface area contributed by atoms with Crippen LogP contribution in [0.5, 0.6) is 5.75 Å². The predicted octanol–water partition coefficient (Wildman–Crippen LogP) is 4.28. The molecule has 0 fully saturated rings. The van der Waals surface area contributed by atoms with Crippen LogP contribution in [0.1, 0.15) is 20.2 Å². The van der Waals surface area contributed by atoms with Crippen LogP contribution in [-0.4, -0.2) is 10.9 Å². The smallest absolute Gasteiger partial charge is 0.265 e. The van der Waals surface area contributed by atoms with Crippen molar-refractivity contribution >= 4 is 22.9 Å². The molecule has 0 aliphatic carbocycles. The van der Waals surface area contributed by atoms with Crippen molar-refractivity contribution in [3.05, 3.63) is 76.2 Å². The van der Waals surface area contributed by atoms with E-state index in [1.165, 1.54) is 11.3 Å². The minimum atomic E-state index is -0.107. The molecule has 0 unspecified atom stereocenters. The molecule has 1 N–H and O–H groups in total. The Morgan fingerprint density at radius 1 is 1.17 bits per heavy atom. The van der Waals surface area contributed by atoms with E-state index in [-0.39, 0.29) is 5.91 Å². The summed E-state index contributed by atoms with van der Waals surface area (Å²) in [6, 6.07) is 16.8. The lowest BCUT2D eigenvalue weighted by molar-refractivity contribution is 0.103. The van der Waals surface area contributed by atoms with E-state index in [0.29, 0.717) is 22.9 Å². The molecule has 23 heavy (non-hydrogen) atoms. The summed E-state index contributed by atoms with van der Waals surface area (Å²) in [4.78, 5) is 18.2. The number of carbonyl (C=O) groups excluding carboxylic acids is 1. The van der Waals surface area contributed by atoms with Gasteiger partial charge in [0.1, 0.15) is 12.4 Å². The Morgan fingerprint density at radius 2 is 2.09 bits per heavy atom. The van der Waals surface area contributed by atoms with Crippen molar-refractivity contribution in [2.75, 3.05) is 5.32 Å². The van der Waals surface area contributed by atoms with Crippen LogP contribution in [0.4, 0.5) is 5.69 Å². The average molecular weight is 324 g/mol. The molecular weight excluding hydrogens is 308 g/mol. The molecule has 0 aliphatic rings. The minimum absolute atomic E-state index is 0.107. The molecule has 0 aliphatic heterocycles. The maximum atomic E-state index is 12.2. The number of carbonyl (C=O) groups is 1. The lowest BCUT2D eigenvalue weighted by Crippen LogP contribution is -2.10. The third-order valence-electron chi connectivity index (χ3n) is 3.17. The Labute approximate surface area is 138 Å². The quantitative estimate of drug-likeness (QED) is 0.762. The number of thiophene rings is 1. The molecular formula is C18H16N2O2S. The third-order valence-corrected chi connectivity index (χ3v) is 4.17. The van der Waals surface area contributed by atoms with Crippen LogP contribution in [0.3, 0.4) is 0 Å². The van der Waals surface area contributed by atoms with Crippen molar-refractivity contribution in [2.45, 2.75) is 13.5 Å². The van der Waals surface area contributed by atoms with E-state index < -0.39 is 0 Å². The summed E-state index contributed by atoms with van der Waals surface area (Å²) >= 11 is 1.48. The SMILES string of the molecule is Cc1ccc(C(=O)Nc2cccc(OCc3ccccn3)c2)s1. The monoisotopic (exact) mass is 324 g/mol. The maximum Gasteiger partial charge on any atom is 0.265 e. The van der Waals surface area contributed by atoms with Gasteiger partial charge >= 0.3 is 0 Å². The number of anilines is 1. The standard InChI is InChI=1S/C18H16N2O2S/c1-13-8-9-17(23-13)18(21)20-14-6-4-7-16(11-14)22-12-15-5-2-3-10-19-15/h2-11H,12H2,1H3,(H,20,21). The first-order chi connectivity index (χ1) is 11.2. The van der Waals surface area contributed by atoms with Gasteiger partial charge in [0.25, 0.3) is 5.91 Å². The second kappa shape index (κ2) is 7.07. The number of nitrogens with zero attached hydrogens (tertiary/aromatic N) is 1. The topological polar surface area (TPSA) is 51.2 Å². The number of hydrogen-bond acceptors (Lipinski definition) is 4. The summed E-state index contributed by atoms with van der Waals surface area (Å²) in [5.41, 5.74) is 1.57. The number of hydrogen-bond donors (Lipinski definition) is 1.